The second kappa shape index (κ2) is 5.76. The second-order valence-electron chi connectivity index (χ2n) is 3.99. The molecule has 1 aromatic rings. The van der Waals surface area contributed by atoms with Crippen LogP contribution < -0.4 is 5.32 Å². The molecule has 0 aliphatic heterocycles. The van der Waals surface area contributed by atoms with Crippen molar-refractivity contribution >= 4 is 17.7 Å². The van der Waals surface area contributed by atoms with E-state index in [0.717, 1.165) is 23.2 Å². The van der Waals surface area contributed by atoms with Gasteiger partial charge in [-0.3, -0.25) is 0 Å². The number of carbonyl (C=O) groups is 2. The third-order valence-corrected chi connectivity index (χ3v) is 2.56. The maximum atomic E-state index is 12.3. The Kier molecular flexibility index (Phi) is 4.53. The third-order valence-electron chi connectivity index (χ3n) is 2.56. The summed E-state index contributed by atoms with van der Waals surface area (Å²) >= 11 is 0. The van der Waals surface area contributed by atoms with Crippen LogP contribution in [0, 0.1) is 0 Å². The maximum absolute atomic E-state index is 12.3. The molecule has 0 saturated heterocycles. The smallest absolute Gasteiger partial charge is 0.433 e. The normalized spacial score (nSPS) is 12.7. The van der Waals surface area contributed by atoms with E-state index in [1.807, 2.05) is 0 Å². The molecule has 20 heavy (non-hydrogen) atoms. The number of aliphatic carboxylic acids is 1. The van der Waals surface area contributed by atoms with E-state index >= 15 is 0 Å². The van der Waals surface area contributed by atoms with Crippen LogP contribution in [0.5, 0.6) is 0 Å². The van der Waals surface area contributed by atoms with Gasteiger partial charge in [-0.15, -0.1) is 0 Å². The number of hydrogen-bond donors (Lipinski definition) is 2. The molecule has 2 amide bonds. The van der Waals surface area contributed by atoms with Crippen LogP contribution in [0.3, 0.4) is 0 Å². The molecule has 0 radical (unpaired) electrons. The topological polar surface area (TPSA) is 82.5 Å². The minimum atomic E-state index is -4.56. The highest BCUT2D eigenvalue weighted by Gasteiger charge is 2.32. The lowest BCUT2D eigenvalue weighted by Crippen LogP contribution is -2.42. The molecule has 1 rings (SSSR count). The quantitative estimate of drug-likeness (QED) is 0.892. The van der Waals surface area contributed by atoms with E-state index < -0.39 is 29.9 Å². The van der Waals surface area contributed by atoms with Crippen LogP contribution in [0.1, 0.15) is 12.6 Å². The van der Waals surface area contributed by atoms with Crippen molar-refractivity contribution in [2.75, 3.05) is 12.4 Å². The molecular weight excluding hydrogens is 279 g/mol. The molecule has 1 aromatic heterocycles. The average molecular weight is 291 g/mol. The Labute approximate surface area is 112 Å². The van der Waals surface area contributed by atoms with E-state index in [2.05, 4.69) is 10.3 Å². The van der Waals surface area contributed by atoms with Gasteiger partial charge in [0, 0.05) is 7.05 Å². The van der Waals surface area contributed by atoms with Gasteiger partial charge in [-0.2, -0.15) is 13.2 Å². The van der Waals surface area contributed by atoms with Crippen molar-refractivity contribution in [3.8, 4) is 0 Å². The average Bonchev–Trinajstić information content (AvgIpc) is 2.36. The molecule has 1 atom stereocenters. The number of hydrogen-bond acceptors (Lipinski definition) is 3. The third kappa shape index (κ3) is 3.84. The summed E-state index contributed by atoms with van der Waals surface area (Å²) < 4.78 is 36.8. The highest BCUT2D eigenvalue weighted by Crippen LogP contribution is 2.27. The van der Waals surface area contributed by atoms with E-state index in [0.29, 0.717) is 0 Å². The Morgan fingerprint density at radius 2 is 2.00 bits per heavy atom. The number of carboxylic acids is 1. The van der Waals surface area contributed by atoms with Gasteiger partial charge in [0.2, 0.25) is 0 Å². The maximum Gasteiger partial charge on any atom is 0.433 e. The molecule has 0 fully saturated rings. The Morgan fingerprint density at radius 3 is 2.40 bits per heavy atom. The highest BCUT2D eigenvalue weighted by atomic mass is 19.4. The van der Waals surface area contributed by atoms with Crippen molar-refractivity contribution in [3.63, 3.8) is 0 Å². The summed E-state index contributed by atoms with van der Waals surface area (Å²) in [5.74, 6) is -1.20. The van der Waals surface area contributed by atoms with Crippen LogP contribution in [0.15, 0.2) is 18.3 Å². The van der Waals surface area contributed by atoms with E-state index in [9.17, 15) is 22.8 Å². The van der Waals surface area contributed by atoms with Crippen LogP contribution >= 0.6 is 0 Å². The first-order chi connectivity index (χ1) is 9.12. The Bertz CT molecular complexity index is 502. The lowest BCUT2D eigenvalue weighted by atomic mass is 10.3. The fourth-order valence-corrected chi connectivity index (χ4v) is 1.19. The van der Waals surface area contributed by atoms with Crippen LogP contribution in [0.4, 0.5) is 23.7 Å². The highest BCUT2D eigenvalue weighted by molar-refractivity contribution is 5.91. The summed E-state index contributed by atoms with van der Waals surface area (Å²) in [5, 5.41) is 11.0. The molecule has 0 spiro atoms. The summed E-state index contributed by atoms with van der Waals surface area (Å²) in [6.45, 7) is 1.30. The number of pyridine rings is 1. The van der Waals surface area contributed by atoms with E-state index in [1.165, 1.54) is 14.0 Å². The predicted molar refractivity (Wildman–Crippen MR) is 63.1 cm³/mol. The van der Waals surface area contributed by atoms with Crippen molar-refractivity contribution in [3.05, 3.63) is 24.0 Å². The number of nitrogens with zero attached hydrogens (tertiary/aromatic N) is 2. The van der Waals surface area contributed by atoms with Crippen LogP contribution in [-0.2, 0) is 11.0 Å². The van der Waals surface area contributed by atoms with Gasteiger partial charge in [0.1, 0.15) is 11.7 Å². The van der Waals surface area contributed by atoms with Crippen molar-refractivity contribution in [1.29, 1.82) is 0 Å². The van der Waals surface area contributed by atoms with Crippen molar-refractivity contribution in [2.24, 2.45) is 0 Å². The summed E-state index contributed by atoms with van der Waals surface area (Å²) in [7, 11) is 1.26. The van der Waals surface area contributed by atoms with Crippen molar-refractivity contribution in [2.45, 2.75) is 19.1 Å². The van der Waals surface area contributed by atoms with Crippen LogP contribution in [0.2, 0.25) is 0 Å². The summed E-state index contributed by atoms with van der Waals surface area (Å²) in [6.07, 6.45) is -3.71. The van der Waals surface area contributed by atoms with E-state index in [4.69, 9.17) is 5.11 Å². The van der Waals surface area contributed by atoms with Gasteiger partial charge in [-0.25, -0.2) is 14.6 Å². The molecule has 0 aromatic carbocycles. The molecule has 1 heterocycles. The lowest BCUT2D eigenvalue weighted by molar-refractivity contribution is -0.142. The molecule has 2 N–H and O–H groups in total. The van der Waals surface area contributed by atoms with Gasteiger partial charge in [0.15, 0.2) is 0 Å². The standard InChI is InChI=1S/C11H12F3N3O3/c1-6(9(18)19)17(2)10(20)16-7-3-4-8(15-5-7)11(12,13)14/h3-6H,1-2H3,(H,16,20)(H,18,19). The number of anilines is 1. The Hall–Kier alpha value is -2.32. The number of carbonyl (C=O) groups excluding carboxylic acids is 1. The largest absolute Gasteiger partial charge is 0.480 e. The van der Waals surface area contributed by atoms with Crippen LogP contribution in [0.25, 0.3) is 0 Å². The lowest BCUT2D eigenvalue weighted by Gasteiger charge is -2.21. The molecule has 6 nitrogen and oxygen atoms in total. The van der Waals surface area contributed by atoms with Crippen LogP contribution in [-0.4, -0.2) is 40.1 Å². The number of urea groups is 1. The number of aromatic nitrogens is 1. The first-order valence-corrected chi connectivity index (χ1v) is 5.43. The van der Waals surface area contributed by atoms with E-state index in [-0.39, 0.29) is 5.69 Å². The van der Waals surface area contributed by atoms with Gasteiger partial charge in [0.05, 0.1) is 11.9 Å². The van der Waals surface area contributed by atoms with Crippen molar-refractivity contribution < 1.29 is 27.9 Å². The molecule has 0 bridgehead atoms. The number of carboxylic acid groups (broad SMARTS) is 1. The number of alkyl halides is 3. The summed E-state index contributed by atoms with van der Waals surface area (Å²) in [5.41, 5.74) is -1.05. The first kappa shape index (κ1) is 15.7. The first-order valence-electron chi connectivity index (χ1n) is 5.43. The molecule has 110 valence electrons. The number of nitrogens with one attached hydrogen (secondary N) is 1. The monoisotopic (exact) mass is 291 g/mol. The number of likely N-dealkylation sites (N-methyl/N-ethyl adjacent to an activating group) is 1. The Balaban J connectivity index is 2.74. The minimum Gasteiger partial charge on any atom is -0.480 e. The fourth-order valence-electron chi connectivity index (χ4n) is 1.19. The minimum absolute atomic E-state index is 0.0347. The number of halogens is 3. The van der Waals surface area contributed by atoms with Gasteiger partial charge in [-0.05, 0) is 19.1 Å². The molecule has 0 aliphatic carbocycles. The number of amides is 2. The van der Waals surface area contributed by atoms with Gasteiger partial charge < -0.3 is 15.3 Å². The SMILES string of the molecule is CC(C(=O)O)N(C)C(=O)Nc1ccc(C(F)(F)F)nc1. The molecule has 0 aliphatic rings. The van der Waals surface area contributed by atoms with Gasteiger partial charge in [0.25, 0.3) is 0 Å². The zero-order valence-electron chi connectivity index (χ0n) is 10.6. The second-order valence-corrected chi connectivity index (χ2v) is 3.99. The zero-order valence-corrected chi connectivity index (χ0v) is 10.6. The summed E-state index contributed by atoms with van der Waals surface area (Å²) in [6, 6.07) is -0.0812. The fraction of sp³-hybridized carbons (Fsp3) is 0.364. The Morgan fingerprint density at radius 1 is 1.40 bits per heavy atom. The number of rotatable bonds is 3. The van der Waals surface area contributed by atoms with E-state index in [1.54, 1.807) is 0 Å². The molecular formula is C11H12F3N3O3. The van der Waals surface area contributed by atoms with Gasteiger partial charge >= 0.3 is 18.2 Å². The molecule has 1 unspecified atom stereocenters. The molecule has 9 heteroatoms. The van der Waals surface area contributed by atoms with Gasteiger partial charge in [-0.1, -0.05) is 0 Å². The van der Waals surface area contributed by atoms with Crippen molar-refractivity contribution in [1.82, 2.24) is 9.88 Å². The predicted octanol–water partition coefficient (Wildman–Crippen LogP) is 2.04. The summed E-state index contributed by atoms with van der Waals surface area (Å²) in [4.78, 5) is 26.4. The molecule has 0 saturated carbocycles. The zero-order chi connectivity index (χ0) is 15.5.